The first-order valence-corrected chi connectivity index (χ1v) is 8.94. The second-order valence-corrected chi connectivity index (χ2v) is 7.18. The van der Waals surface area contributed by atoms with Crippen LogP contribution in [0.1, 0.15) is 35.2 Å². The Morgan fingerprint density at radius 1 is 1.24 bits per heavy atom. The van der Waals surface area contributed by atoms with E-state index in [1.165, 1.54) is 5.56 Å². The number of hydrogen-bond acceptors (Lipinski definition) is 3. The lowest BCUT2D eigenvalue weighted by Gasteiger charge is -2.55. The third-order valence-electron chi connectivity index (χ3n) is 5.77. The highest BCUT2D eigenvalue weighted by atomic mass is 16.5. The molecule has 2 aromatic rings. The lowest BCUT2D eigenvalue weighted by atomic mass is 9.58. The van der Waals surface area contributed by atoms with Crippen molar-refractivity contribution in [2.75, 3.05) is 13.2 Å². The van der Waals surface area contributed by atoms with Crippen LogP contribution in [-0.4, -0.2) is 40.9 Å². The molecule has 2 fully saturated rings. The summed E-state index contributed by atoms with van der Waals surface area (Å²) >= 11 is 0. The molecule has 2 atom stereocenters. The number of benzene rings is 1. The summed E-state index contributed by atoms with van der Waals surface area (Å²) < 4.78 is 7.44. The second-order valence-electron chi connectivity index (χ2n) is 7.18. The highest BCUT2D eigenvalue weighted by Gasteiger charge is 2.55. The number of carbonyl (C=O) groups excluding carboxylic acids is 1. The molecule has 1 aliphatic carbocycles. The number of amides is 1. The minimum atomic E-state index is -0.329. The fourth-order valence-corrected chi connectivity index (χ4v) is 4.11. The first-order chi connectivity index (χ1) is 12.2. The molecule has 4 rings (SSSR count). The molecule has 5 heteroatoms. The van der Waals surface area contributed by atoms with Crippen molar-refractivity contribution in [3.8, 4) is 0 Å². The van der Waals surface area contributed by atoms with Gasteiger partial charge in [0.25, 0.3) is 5.91 Å². The van der Waals surface area contributed by atoms with Gasteiger partial charge in [-0.2, -0.15) is 0 Å². The summed E-state index contributed by atoms with van der Waals surface area (Å²) in [6.45, 7) is 2.07. The molecule has 25 heavy (non-hydrogen) atoms. The number of nitrogens with zero attached hydrogens (tertiary/aromatic N) is 1. The average molecular weight is 340 g/mol. The molecule has 1 amide bonds. The van der Waals surface area contributed by atoms with E-state index in [0.717, 1.165) is 19.4 Å². The number of carbonyl (C=O) groups is 1. The Bertz CT molecular complexity index is 734. The maximum atomic E-state index is 12.6. The van der Waals surface area contributed by atoms with Crippen LogP contribution < -0.4 is 5.32 Å². The molecule has 2 heterocycles. The third-order valence-corrected chi connectivity index (χ3v) is 5.77. The van der Waals surface area contributed by atoms with Crippen LogP contribution in [0.2, 0.25) is 0 Å². The van der Waals surface area contributed by atoms with Crippen molar-refractivity contribution in [2.24, 2.45) is 5.41 Å². The van der Waals surface area contributed by atoms with Crippen LogP contribution in [0.3, 0.4) is 0 Å². The van der Waals surface area contributed by atoms with Gasteiger partial charge in [0.05, 0.1) is 11.7 Å². The molecule has 1 aromatic heterocycles. The van der Waals surface area contributed by atoms with E-state index < -0.39 is 0 Å². The van der Waals surface area contributed by atoms with Crippen molar-refractivity contribution < 1.29 is 14.6 Å². The Morgan fingerprint density at radius 2 is 2.00 bits per heavy atom. The number of nitrogens with one attached hydrogen (secondary N) is 1. The van der Waals surface area contributed by atoms with Crippen molar-refractivity contribution in [1.29, 1.82) is 0 Å². The van der Waals surface area contributed by atoms with Gasteiger partial charge < -0.3 is 19.7 Å². The number of rotatable bonds is 4. The van der Waals surface area contributed by atoms with Crippen molar-refractivity contribution >= 4 is 5.91 Å². The van der Waals surface area contributed by atoms with Crippen molar-refractivity contribution in [3.05, 3.63) is 59.9 Å². The topological polar surface area (TPSA) is 63.5 Å². The van der Waals surface area contributed by atoms with E-state index in [-0.39, 0.29) is 23.5 Å². The zero-order valence-corrected chi connectivity index (χ0v) is 14.2. The predicted octanol–water partition coefficient (Wildman–Crippen LogP) is 2.20. The first-order valence-electron chi connectivity index (χ1n) is 8.94. The van der Waals surface area contributed by atoms with Gasteiger partial charge >= 0.3 is 0 Å². The third kappa shape index (κ3) is 3.10. The van der Waals surface area contributed by atoms with E-state index >= 15 is 0 Å². The van der Waals surface area contributed by atoms with Crippen LogP contribution in [0.25, 0.3) is 0 Å². The SMILES string of the molecule is O=C(N[C@@H]1C[C@@H](O)C12CCOCC2)c1ccn(Cc2ccccc2)c1. The van der Waals surface area contributed by atoms with Crippen molar-refractivity contribution in [2.45, 2.75) is 38.0 Å². The summed E-state index contributed by atoms with van der Waals surface area (Å²) in [5.41, 5.74) is 1.67. The molecule has 1 saturated carbocycles. The van der Waals surface area contributed by atoms with Crippen LogP contribution in [0, 0.1) is 5.41 Å². The van der Waals surface area contributed by atoms with Crippen LogP contribution in [0.4, 0.5) is 0 Å². The van der Waals surface area contributed by atoms with Gasteiger partial charge in [0.2, 0.25) is 0 Å². The largest absolute Gasteiger partial charge is 0.392 e. The van der Waals surface area contributed by atoms with Gasteiger partial charge in [-0.1, -0.05) is 30.3 Å². The summed E-state index contributed by atoms with van der Waals surface area (Å²) in [5, 5.41) is 13.4. The van der Waals surface area contributed by atoms with E-state index in [1.54, 1.807) is 0 Å². The monoisotopic (exact) mass is 340 g/mol. The molecule has 1 spiro atoms. The Labute approximate surface area is 147 Å². The van der Waals surface area contributed by atoms with Gasteiger partial charge in [-0.25, -0.2) is 0 Å². The molecule has 2 aliphatic rings. The number of hydrogen-bond donors (Lipinski definition) is 2. The minimum Gasteiger partial charge on any atom is -0.392 e. The standard InChI is InChI=1S/C20H24N2O3/c23-18-12-17(20(18)7-10-25-11-8-20)21-19(24)16-6-9-22(14-16)13-15-4-2-1-3-5-15/h1-6,9,14,17-18,23H,7-8,10-13H2,(H,21,24)/t17-,18-/m1/s1. The van der Waals surface area contributed by atoms with Crippen molar-refractivity contribution in [3.63, 3.8) is 0 Å². The second kappa shape index (κ2) is 6.65. The summed E-state index contributed by atoms with van der Waals surface area (Å²) in [6, 6.07) is 12.1. The molecule has 2 N–H and O–H groups in total. The molecule has 1 aliphatic heterocycles. The minimum absolute atomic E-state index is 0.0383. The number of aliphatic hydroxyl groups is 1. The quantitative estimate of drug-likeness (QED) is 0.897. The highest BCUT2D eigenvalue weighted by molar-refractivity contribution is 5.94. The van der Waals surface area contributed by atoms with Gasteiger partial charge in [-0.05, 0) is 30.9 Å². The molecule has 132 valence electrons. The van der Waals surface area contributed by atoms with Gasteiger partial charge in [0.15, 0.2) is 0 Å². The first kappa shape index (κ1) is 16.4. The zero-order chi connectivity index (χ0) is 17.3. The molecule has 0 unspecified atom stereocenters. The van der Waals surface area contributed by atoms with Crippen LogP contribution >= 0.6 is 0 Å². The van der Waals surface area contributed by atoms with E-state index in [2.05, 4.69) is 17.4 Å². The zero-order valence-electron chi connectivity index (χ0n) is 14.2. The fraction of sp³-hybridized carbons (Fsp3) is 0.450. The summed E-state index contributed by atoms with van der Waals surface area (Å²) in [7, 11) is 0. The van der Waals surface area contributed by atoms with Gasteiger partial charge in [0.1, 0.15) is 0 Å². The fourth-order valence-electron chi connectivity index (χ4n) is 4.11. The summed E-state index contributed by atoms with van der Waals surface area (Å²) in [4.78, 5) is 12.6. The summed E-state index contributed by atoms with van der Waals surface area (Å²) in [6.07, 6.45) is 5.75. The molecular weight excluding hydrogens is 316 g/mol. The van der Waals surface area contributed by atoms with E-state index in [4.69, 9.17) is 4.74 Å². The Balaban J connectivity index is 1.40. The maximum Gasteiger partial charge on any atom is 0.253 e. The molecule has 0 radical (unpaired) electrons. The normalized spacial score (nSPS) is 24.7. The van der Waals surface area contributed by atoms with Crippen LogP contribution in [0.5, 0.6) is 0 Å². The number of aliphatic hydroxyl groups excluding tert-OH is 1. The van der Waals surface area contributed by atoms with Crippen molar-refractivity contribution in [1.82, 2.24) is 9.88 Å². The van der Waals surface area contributed by atoms with Crippen LogP contribution in [-0.2, 0) is 11.3 Å². The lowest BCUT2D eigenvalue weighted by molar-refractivity contribution is -0.145. The van der Waals surface area contributed by atoms with Gasteiger partial charge in [0, 0.05) is 43.6 Å². The van der Waals surface area contributed by atoms with E-state index in [1.807, 2.05) is 41.2 Å². The Hall–Kier alpha value is -2.11. The number of ether oxygens (including phenoxy) is 1. The van der Waals surface area contributed by atoms with Gasteiger partial charge in [-0.15, -0.1) is 0 Å². The molecule has 1 aromatic carbocycles. The number of aromatic nitrogens is 1. The molecule has 1 saturated heterocycles. The predicted molar refractivity (Wildman–Crippen MR) is 94.3 cm³/mol. The lowest BCUT2D eigenvalue weighted by Crippen LogP contribution is -2.65. The molecule has 0 bridgehead atoms. The van der Waals surface area contributed by atoms with E-state index in [9.17, 15) is 9.90 Å². The summed E-state index contributed by atoms with van der Waals surface area (Å²) in [5.74, 6) is -0.0606. The Kier molecular flexibility index (Phi) is 4.36. The molecule has 5 nitrogen and oxygen atoms in total. The average Bonchev–Trinajstić information content (AvgIpc) is 3.11. The Morgan fingerprint density at radius 3 is 2.72 bits per heavy atom. The molecular formula is C20H24N2O3. The smallest absolute Gasteiger partial charge is 0.253 e. The van der Waals surface area contributed by atoms with E-state index in [0.29, 0.717) is 25.2 Å². The van der Waals surface area contributed by atoms with Gasteiger partial charge in [-0.3, -0.25) is 4.79 Å². The highest BCUT2D eigenvalue weighted by Crippen LogP contribution is 2.49. The maximum absolute atomic E-state index is 12.6. The van der Waals surface area contributed by atoms with Crippen LogP contribution in [0.15, 0.2) is 48.8 Å².